The summed E-state index contributed by atoms with van der Waals surface area (Å²) in [6.45, 7) is 7.15. The molecule has 0 heterocycles. The smallest absolute Gasteiger partial charge is 0.123 e. The maximum Gasteiger partial charge on any atom is 0.123 e. The van der Waals surface area contributed by atoms with E-state index < -0.39 is 0 Å². The van der Waals surface area contributed by atoms with Crippen LogP contribution in [0.3, 0.4) is 0 Å². The zero-order valence-electron chi connectivity index (χ0n) is 11.3. The Balaban J connectivity index is 3.15. The van der Waals surface area contributed by atoms with E-state index in [0.29, 0.717) is 6.54 Å². The Morgan fingerprint density at radius 3 is 2.41 bits per heavy atom. The van der Waals surface area contributed by atoms with Crippen LogP contribution in [0.1, 0.15) is 44.4 Å². The molecule has 0 aromatic heterocycles. The number of hydrogen-bond acceptors (Lipinski definition) is 3. The first-order valence-corrected chi connectivity index (χ1v) is 6.04. The zero-order chi connectivity index (χ0) is 13.1. The van der Waals surface area contributed by atoms with Crippen molar-refractivity contribution in [3.8, 4) is 5.75 Å². The van der Waals surface area contributed by atoms with Crippen molar-refractivity contribution in [2.45, 2.75) is 38.6 Å². The number of methoxy groups -OCH3 is 1. The molecule has 17 heavy (non-hydrogen) atoms. The van der Waals surface area contributed by atoms with E-state index in [1.54, 1.807) is 7.11 Å². The number of benzene rings is 1. The molecule has 0 fully saturated rings. The van der Waals surface area contributed by atoms with Crippen LogP contribution in [-0.4, -0.2) is 13.7 Å². The Morgan fingerprint density at radius 1 is 1.29 bits per heavy atom. The van der Waals surface area contributed by atoms with Crippen LogP contribution in [-0.2, 0) is 5.41 Å². The lowest BCUT2D eigenvalue weighted by Crippen LogP contribution is -2.18. The van der Waals surface area contributed by atoms with Gasteiger partial charge in [-0.15, -0.1) is 0 Å². The van der Waals surface area contributed by atoms with Crippen molar-refractivity contribution in [3.05, 3.63) is 29.3 Å². The average molecular weight is 236 g/mol. The molecule has 0 aliphatic heterocycles. The van der Waals surface area contributed by atoms with Gasteiger partial charge in [-0.2, -0.15) is 0 Å². The summed E-state index contributed by atoms with van der Waals surface area (Å²) in [4.78, 5) is 0. The maximum absolute atomic E-state index is 6.13. The van der Waals surface area contributed by atoms with Crippen molar-refractivity contribution >= 4 is 0 Å². The van der Waals surface area contributed by atoms with Crippen LogP contribution in [0.5, 0.6) is 5.75 Å². The van der Waals surface area contributed by atoms with Crippen molar-refractivity contribution < 1.29 is 4.74 Å². The molecule has 1 unspecified atom stereocenters. The number of nitrogens with two attached hydrogens (primary N) is 2. The van der Waals surface area contributed by atoms with Crippen LogP contribution >= 0.6 is 0 Å². The highest BCUT2D eigenvalue weighted by Gasteiger charge is 2.18. The van der Waals surface area contributed by atoms with Crippen molar-refractivity contribution in [1.82, 2.24) is 0 Å². The lowest BCUT2D eigenvalue weighted by molar-refractivity contribution is 0.403. The van der Waals surface area contributed by atoms with Gasteiger partial charge < -0.3 is 16.2 Å². The van der Waals surface area contributed by atoms with Crippen LogP contribution in [0.2, 0.25) is 0 Å². The normalized spacial score (nSPS) is 13.5. The maximum atomic E-state index is 6.13. The predicted molar refractivity (Wildman–Crippen MR) is 72.3 cm³/mol. The summed E-state index contributed by atoms with van der Waals surface area (Å²) in [7, 11) is 1.67. The molecule has 0 radical (unpaired) electrons. The van der Waals surface area contributed by atoms with Gasteiger partial charge in [-0.25, -0.2) is 0 Å². The van der Waals surface area contributed by atoms with Crippen LogP contribution in [0.4, 0.5) is 0 Å². The molecule has 3 nitrogen and oxygen atoms in total. The van der Waals surface area contributed by atoms with E-state index in [9.17, 15) is 0 Å². The third kappa shape index (κ3) is 3.45. The minimum atomic E-state index is -0.0581. The first kappa shape index (κ1) is 14.0. The van der Waals surface area contributed by atoms with E-state index in [1.165, 1.54) is 5.56 Å². The quantitative estimate of drug-likeness (QED) is 0.843. The molecule has 1 aromatic carbocycles. The van der Waals surface area contributed by atoms with Crippen molar-refractivity contribution in [2.24, 2.45) is 11.5 Å². The molecule has 96 valence electrons. The van der Waals surface area contributed by atoms with Gasteiger partial charge in [-0.1, -0.05) is 32.9 Å². The molecule has 0 aliphatic carbocycles. The third-order valence-electron chi connectivity index (χ3n) is 2.97. The Hall–Kier alpha value is -1.06. The Labute approximate surface area is 104 Å². The van der Waals surface area contributed by atoms with Crippen LogP contribution in [0.25, 0.3) is 0 Å². The van der Waals surface area contributed by atoms with Crippen LogP contribution in [0.15, 0.2) is 18.2 Å². The molecule has 0 spiro atoms. The minimum absolute atomic E-state index is 0.0581. The molecule has 3 heteroatoms. The standard InChI is InChI=1S/C14H24N2O/c1-14(2,3)10-5-6-13(17-4)11(9-10)12(16)7-8-15/h5-6,9,12H,7-8,15-16H2,1-4H3. The minimum Gasteiger partial charge on any atom is -0.496 e. The highest BCUT2D eigenvalue weighted by molar-refractivity contribution is 5.41. The molecule has 0 bridgehead atoms. The summed E-state index contributed by atoms with van der Waals surface area (Å²) in [5.74, 6) is 0.846. The number of rotatable bonds is 4. The van der Waals surface area contributed by atoms with Gasteiger partial charge in [0.1, 0.15) is 5.75 Å². The van der Waals surface area contributed by atoms with E-state index in [1.807, 2.05) is 6.07 Å². The molecule has 4 N–H and O–H groups in total. The van der Waals surface area contributed by atoms with Crippen molar-refractivity contribution in [2.75, 3.05) is 13.7 Å². The Morgan fingerprint density at radius 2 is 1.94 bits per heavy atom. The van der Waals surface area contributed by atoms with E-state index >= 15 is 0 Å². The van der Waals surface area contributed by atoms with Gasteiger partial charge in [0, 0.05) is 11.6 Å². The largest absolute Gasteiger partial charge is 0.496 e. The van der Waals surface area contributed by atoms with E-state index in [0.717, 1.165) is 17.7 Å². The molecular weight excluding hydrogens is 212 g/mol. The summed E-state index contributed by atoms with van der Waals surface area (Å²) in [6.07, 6.45) is 0.768. The van der Waals surface area contributed by atoms with Gasteiger partial charge in [-0.3, -0.25) is 0 Å². The summed E-state index contributed by atoms with van der Waals surface area (Å²) < 4.78 is 5.36. The van der Waals surface area contributed by atoms with Gasteiger partial charge in [0.25, 0.3) is 0 Å². The molecular formula is C14H24N2O. The summed E-state index contributed by atoms with van der Waals surface area (Å²) in [5.41, 5.74) is 14.1. The summed E-state index contributed by atoms with van der Waals surface area (Å²) in [6, 6.07) is 6.17. The van der Waals surface area contributed by atoms with Gasteiger partial charge in [0.05, 0.1) is 7.11 Å². The second-order valence-electron chi connectivity index (χ2n) is 5.39. The van der Waals surface area contributed by atoms with Crippen LogP contribution in [0, 0.1) is 0 Å². The van der Waals surface area contributed by atoms with Crippen molar-refractivity contribution in [3.63, 3.8) is 0 Å². The first-order chi connectivity index (χ1) is 7.90. The highest BCUT2D eigenvalue weighted by Crippen LogP contribution is 2.31. The fourth-order valence-electron chi connectivity index (χ4n) is 1.83. The Kier molecular flexibility index (Phi) is 4.54. The molecule has 0 saturated heterocycles. The zero-order valence-corrected chi connectivity index (χ0v) is 11.3. The molecule has 0 amide bonds. The molecule has 1 aromatic rings. The summed E-state index contributed by atoms with van der Waals surface area (Å²) >= 11 is 0. The van der Waals surface area contributed by atoms with Gasteiger partial charge >= 0.3 is 0 Å². The second-order valence-corrected chi connectivity index (χ2v) is 5.39. The lowest BCUT2D eigenvalue weighted by atomic mass is 9.85. The van der Waals surface area contributed by atoms with E-state index in [2.05, 4.69) is 32.9 Å². The summed E-state index contributed by atoms with van der Waals surface area (Å²) in [5, 5.41) is 0. The fraction of sp³-hybridized carbons (Fsp3) is 0.571. The van der Waals surface area contributed by atoms with E-state index in [-0.39, 0.29) is 11.5 Å². The van der Waals surface area contributed by atoms with Gasteiger partial charge in [0.2, 0.25) is 0 Å². The van der Waals surface area contributed by atoms with Crippen LogP contribution < -0.4 is 16.2 Å². The predicted octanol–water partition coefficient (Wildman–Crippen LogP) is 2.34. The van der Waals surface area contributed by atoms with Crippen molar-refractivity contribution in [1.29, 1.82) is 0 Å². The van der Waals surface area contributed by atoms with E-state index in [4.69, 9.17) is 16.2 Å². The highest BCUT2D eigenvalue weighted by atomic mass is 16.5. The molecule has 1 atom stereocenters. The number of ether oxygens (including phenoxy) is 1. The third-order valence-corrected chi connectivity index (χ3v) is 2.97. The SMILES string of the molecule is COc1ccc(C(C)(C)C)cc1C(N)CCN. The lowest BCUT2D eigenvalue weighted by Gasteiger charge is -2.23. The fourth-order valence-corrected chi connectivity index (χ4v) is 1.83. The average Bonchev–Trinajstić information content (AvgIpc) is 2.27. The number of hydrogen-bond donors (Lipinski definition) is 2. The Bertz CT molecular complexity index is 369. The van der Waals surface area contributed by atoms with Gasteiger partial charge in [0.15, 0.2) is 0 Å². The molecule has 1 rings (SSSR count). The second kappa shape index (κ2) is 5.52. The first-order valence-electron chi connectivity index (χ1n) is 6.04. The monoisotopic (exact) mass is 236 g/mol. The molecule has 0 aliphatic rings. The van der Waals surface area contributed by atoms with Gasteiger partial charge in [-0.05, 0) is 30.0 Å². The topological polar surface area (TPSA) is 61.3 Å². The molecule has 0 saturated carbocycles.